The van der Waals surface area contributed by atoms with Crippen molar-refractivity contribution >= 4 is 15.3 Å². The molecule has 2 aromatic carbocycles. The first-order valence-electron chi connectivity index (χ1n) is 11.6. The Morgan fingerprint density at radius 1 is 1.00 bits per heavy atom. The van der Waals surface area contributed by atoms with Crippen LogP contribution in [0.2, 0.25) is 0 Å². The standard InChI is InChI=1S/C26H36N3O2P/c1-27(2)26(22-7-5-4-6-8-22)15-13-25(14-16-26)20-28(24(30)29(25)17-18-32)19-21-9-11-23(31-3)12-10-21/h4-12H,13-20,32H2,1-3H3/t25-,26+. The number of ether oxygens (including phenoxy) is 1. The molecule has 1 aliphatic heterocycles. The molecule has 4 rings (SSSR count). The van der Waals surface area contributed by atoms with Gasteiger partial charge in [0.2, 0.25) is 0 Å². The molecule has 6 heteroatoms. The maximum absolute atomic E-state index is 13.5. The minimum atomic E-state index is -0.0750. The molecule has 1 spiro atoms. The van der Waals surface area contributed by atoms with Crippen LogP contribution in [-0.2, 0) is 12.1 Å². The van der Waals surface area contributed by atoms with E-state index in [0.717, 1.165) is 56.2 Å². The zero-order chi connectivity index (χ0) is 22.8. The summed E-state index contributed by atoms with van der Waals surface area (Å²) < 4.78 is 5.28. The van der Waals surface area contributed by atoms with E-state index in [1.165, 1.54) is 5.56 Å². The molecule has 1 heterocycles. The fourth-order valence-electron chi connectivity index (χ4n) is 5.72. The minimum Gasteiger partial charge on any atom is -0.497 e. The Morgan fingerprint density at radius 2 is 1.66 bits per heavy atom. The maximum Gasteiger partial charge on any atom is 0.320 e. The summed E-state index contributed by atoms with van der Waals surface area (Å²) >= 11 is 0. The van der Waals surface area contributed by atoms with Crippen LogP contribution in [0.1, 0.15) is 36.8 Å². The summed E-state index contributed by atoms with van der Waals surface area (Å²) in [5.41, 5.74) is 2.49. The molecule has 1 aliphatic carbocycles. The van der Waals surface area contributed by atoms with Gasteiger partial charge in [0, 0.05) is 25.2 Å². The largest absolute Gasteiger partial charge is 0.497 e. The van der Waals surface area contributed by atoms with E-state index in [2.05, 4.69) is 75.6 Å². The van der Waals surface area contributed by atoms with Crippen molar-refractivity contribution in [2.24, 2.45) is 0 Å². The molecular formula is C26H36N3O2P. The number of carbonyl (C=O) groups is 1. The average Bonchev–Trinajstić information content (AvgIpc) is 3.06. The zero-order valence-electron chi connectivity index (χ0n) is 19.6. The third-order valence-electron chi connectivity index (χ3n) is 7.62. The summed E-state index contributed by atoms with van der Waals surface area (Å²) in [4.78, 5) is 20.1. The van der Waals surface area contributed by atoms with Gasteiger partial charge in [-0.2, -0.15) is 0 Å². The van der Waals surface area contributed by atoms with E-state index in [-0.39, 0.29) is 17.1 Å². The molecule has 1 saturated carbocycles. The molecule has 32 heavy (non-hydrogen) atoms. The van der Waals surface area contributed by atoms with Crippen LogP contribution in [-0.4, -0.2) is 66.7 Å². The van der Waals surface area contributed by atoms with Crippen molar-refractivity contribution in [3.63, 3.8) is 0 Å². The number of amides is 2. The summed E-state index contributed by atoms with van der Waals surface area (Å²) in [6.07, 6.45) is 5.06. The summed E-state index contributed by atoms with van der Waals surface area (Å²) in [6.45, 7) is 2.25. The monoisotopic (exact) mass is 453 g/mol. The van der Waals surface area contributed by atoms with E-state index < -0.39 is 0 Å². The lowest BCUT2D eigenvalue weighted by atomic mass is 9.68. The normalized spacial score (nSPS) is 25.7. The van der Waals surface area contributed by atoms with Gasteiger partial charge < -0.3 is 14.5 Å². The second-order valence-electron chi connectivity index (χ2n) is 9.44. The smallest absolute Gasteiger partial charge is 0.320 e. The number of hydrogen-bond acceptors (Lipinski definition) is 3. The summed E-state index contributed by atoms with van der Waals surface area (Å²) in [6, 6.07) is 19.1. The lowest BCUT2D eigenvalue weighted by Crippen LogP contribution is -2.55. The topological polar surface area (TPSA) is 36.0 Å². The van der Waals surface area contributed by atoms with Crippen LogP contribution < -0.4 is 4.74 Å². The third-order valence-corrected chi connectivity index (χ3v) is 7.88. The molecule has 0 aromatic heterocycles. The first kappa shape index (κ1) is 23.1. The van der Waals surface area contributed by atoms with Crippen LogP contribution in [0, 0.1) is 0 Å². The highest BCUT2D eigenvalue weighted by Gasteiger charge is 2.54. The van der Waals surface area contributed by atoms with Gasteiger partial charge in [-0.25, -0.2) is 4.79 Å². The van der Waals surface area contributed by atoms with Gasteiger partial charge in [-0.15, -0.1) is 9.24 Å². The van der Waals surface area contributed by atoms with E-state index in [9.17, 15) is 4.79 Å². The quantitative estimate of drug-likeness (QED) is 0.576. The van der Waals surface area contributed by atoms with E-state index in [1.807, 2.05) is 17.0 Å². The fourth-order valence-corrected chi connectivity index (χ4v) is 5.98. The molecule has 2 amide bonds. The first-order chi connectivity index (χ1) is 15.4. The Labute approximate surface area is 194 Å². The molecule has 1 saturated heterocycles. The summed E-state index contributed by atoms with van der Waals surface area (Å²) in [5.74, 6) is 0.843. The molecule has 2 aliphatic rings. The van der Waals surface area contributed by atoms with E-state index >= 15 is 0 Å². The molecule has 1 unspecified atom stereocenters. The number of hydrogen-bond donors (Lipinski definition) is 0. The molecule has 172 valence electrons. The van der Waals surface area contributed by atoms with E-state index in [0.29, 0.717) is 6.54 Å². The minimum absolute atomic E-state index is 0.0333. The average molecular weight is 454 g/mol. The third kappa shape index (κ3) is 4.13. The molecule has 2 aromatic rings. The lowest BCUT2D eigenvalue weighted by molar-refractivity contribution is 0.0264. The molecular weight excluding hydrogens is 417 g/mol. The molecule has 0 radical (unpaired) electrons. The van der Waals surface area contributed by atoms with Gasteiger partial charge in [0.1, 0.15) is 5.75 Å². The van der Waals surface area contributed by atoms with Crippen LogP contribution in [0.5, 0.6) is 5.75 Å². The van der Waals surface area contributed by atoms with Crippen molar-refractivity contribution in [2.75, 3.05) is 40.5 Å². The SMILES string of the molecule is COc1ccc(CN2C[C@]3(CC[C@](c4ccccc4)(N(C)C)CC3)N(CCP)C2=O)cc1. The van der Waals surface area contributed by atoms with Crippen molar-refractivity contribution in [2.45, 2.75) is 43.3 Å². The molecule has 1 atom stereocenters. The van der Waals surface area contributed by atoms with Crippen LogP contribution >= 0.6 is 9.24 Å². The predicted octanol–water partition coefficient (Wildman–Crippen LogP) is 4.58. The van der Waals surface area contributed by atoms with E-state index in [1.54, 1.807) is 7.11 Å². The molecule has 2 fully saturated rings. The molecule has 0 N–H and O–H groups in total. The second-order valence-corrected chi connectivity index (χ2v) is 10.0. The van der Waals surface area contributed by atoms with Crippen molar-refractivity contribution in [3.05, 3.63) is 65.7 Å². The number of urea groups is 1. The van der Waals surface area contributed by atoms with Crippen molar-refractivity contribution in [1.29, 1.82) is 0 Å². The highest BCUT2D eigenvalue weighted by Crippen LogP contribution is 2.49. The number of methoxy groups -OCH3 is 1. The van der Waals surface area contributed by atoms with Gasteiger partial charge in [0.05, 0.1) is 12.6 Å². The summed E-state index contributed by atoms with van der Waals surface area (Å²) in [5, 5.41) is 0. The van der Waals surface area contributed by atoms with Gasteiger partial charge in [-0.3, -0.25) is 4.90 Å². The summed E-state index contributed by atoms with van der Waals surface area (Å²) in [7, 11) is 8.87. The number of carbonyl (C=O) groups excluding carboxylic acids is 1. The maximum atomic E-state index is 13.5. The Balaban J connectivity index is 1.55. The molecule has 0 bridgehead atoms. The van der Waals surface area contributed by atoms with Gasteiger partial charge in [0.15, 0.2) is 0 Å². The Hall–Kier alpha value is -2.10. The first-order valence-corrected chi connectivity index (χ1v) is 12.4. The predicted molar refractivity (Wildman–Crippen MR) is 133 cm³/mol. The number of nitrogens with zero attached hydrogens (tertiary/aromatic N) is 3. The van der Waals surface area contributed by atoms with Crippen molar-refractivity contribution < 1.29 is 9.53 Å². The van der Waals surface area contributed by atoms with Crippen LogP contribution in [0.4, 0.5) is 4.79 Å². The highest BCUT2D eigenvalue weighted by atomic mass is 31.0. The Morgan fingerprint density at radius 3 is 2.22 bits per heavy atom. The van der Waals surface area contributed by atoms with Gasteiger partial charge >= 0.3 is 6.03 Å². The highest BCUT2D eigenvalue weighted by molar-refractivity contribution is 7.16. The van der Waals surface area contributed by atoms with Crippen LogP contribution in [0.3, 0.4) is 0 Å². The van der Waals surface area contributed by atoms with E-state index in [4.69, 9.17) is 4.74 Å². The Kier molecular flexibility index (Phi) is 6.78. The van der Waals surface area contributed by atoms with Gasteiger partial charge in [-0.05, 0) is 69.2 Å². The van der Waals surface area contributed by atoms with Crippen molar-refractivity contribution in [3.8, 4) is 5.75 Å². The number of rotatable bonds is 7. The zero-order valence-corrected chi connectivity index (χ0v) is 20.7. The van der Waals surface area contributed by atoms with Crippen LogP contribution in [0.15, 0.2) is 54.6 Å². The van der Waals surface area contributed by atoms with Crippen LogP contribution in [0.25, 0.3) is 0 Å². The van der Waals surface area contributed by atoms with Gasteiger partial charge in [-0.1, -0.05) is 42.5 Å². The number of benzene rings is 2. The lowest BCUT2D eigenvalue weighted by Gasteiger charge is -2.51. The van der Waals surface area contributed by atoms with Gasteiger partial charge in [0.25, 0.3) is 0 Å². The fraction of sp³-hybridized carbons (Fsp3) is 0.500. The Bertz CT molecular complexity index is 908. The molecule has 5 nitrogen and oxygen atoms in total. The second kappa shape index (κ2) is 9.41. The van der Waals surface area contributed by atoms with Crippen molar-refractivity contribution in [1.82, 2.24) is 14.7 Å².